The number of benzene rings is 1. The van der Waals surface area contributed by atoms with Crippen LogP contribution in [0.15, 0.2) is 41.1 Å². The Bertz CT molecular complexity index is 1020. The molecule has 0 atom stereocenters. The number of nitrogens with one attached hydrogen (secondary N) is 2. The zero-order valence-electron chi connectivity index (χ0n) is 14.6. The molecule has 3 rings (SSSR count). The normalized spacial score (nSPS) is 11.4. The number of aromatic amines is 1. The topological polar surface area (TPSA) is 88.0 Å². The molecule has 0 bridgehead atoms. The summed E-state index contributed by atoms with van der Waals surface area (Å²) in [7, 11) is 5.66. The van der Waals surface area contributed by atoms with Gasteiger partial charge in [0.25, 0.3) is 5.91 Å². The number of ketones is 1. The number of rotatable bonds is 5. The average Bonchev–Trinajstić information content (AvgIpc) is 3.26. The fourth-order valence-corrected chi connectivity index (χ4v) is 2.55. The minimum atomic E-state index is -4.53. The molecule has 1 aromatic carbocycles. The minimum absolute atomic E-state index is 0.0835. The van der Waals surface area contributed by atoms with Crippen LogP contribution in [0.3, 0.4) is 0 Å². The van der Waals surface area contributed by atoms with E-state index in [0.29, 0.717) is 16.7 Å². The summed E-state index contributed by atoms with van der Waals surface area (Å²) in [6.45, 7) is 0.0881. The van der Waals surface area contributed by atoms with Crippen molar-refractivity contribution in [3.05, 3.63) is 59.1 Å². The van der Waals surface area contributed by atoms with Crippen molar-refractivity contribution in [3.63, 3.8) is 0 Å². The van der Waals surface area contributed by atoms with Gasteiger partial charge in [-0.3, -0.25) is 9.59 Å². The number of aryl methyl sites for hydroxylation is 1. The highest BCUT2D eigenvalue weighted by Crippen LogP contribution is 2.27. The average molecular weight is 387 g/mol. The smallest absolute Gasteiger partial charge is 0.360 e. The molecule has 10 heteroatoms. The van der Waals surface area contributed by atoms with E-state index in [1.165, 1.54) is 12.3 Å². The number of carbonyl (C=O) groups is 2. The first-order valence-electron chi connectivity index (χ1n) is 8.06. The van der Waals surface area contributed by atoms with Gasteiger partial charge in [0.05, 0.1) is 5.56 Å². The lowest BCUT2D eigenvalue weighted by Gasteiger charge is -2.06. The third-order valence-electron chi connectivity index (χ3n) is 3.91. The lowest BCUT2D eigenvalue weighted by atomic mass is 9.93. The first-order chi connectivity index (χ1) is 13.2. The van der Waals surface area contributed by atoms with Crippen LogP contribution in [0.1, 0.15) is 32.2 Å². The maximum absolute atomic E-state index is 12.9. The van der Waals surface area contributed by atoms with Crippen LogP contribution in [-0.2, 0) is 0 Å². The Morgan fingerprint density at radius 1 is 1.25 bits per heavy atom. The molecule has 1 amide bonds. The van der Waals surface area contributed by atoms with E-state index in [2.05, 4.69) is 10.1 Å². The van der Waals surface area contributed by atoms with Crippen LogP contribution in [0.2, 0.25) is 0 Å². The highest BCUT2D eigenvalue weighted by molar-refractivity contribution is 6.32. The van der Waals surface area contributed by atoms with Crippen LogP contribution in [0.4, 0.5) is 13.2 Å². The van der Waals surface area contributed by atoms with Crippen molar-refractivity contribution in [1.82, 2.24) is 15.5 Å². The van der Waals surface area contributed by atoms with Gasteiger partial charge in [-0.25, -0.2) is 0 Å². The Morgan fingerprint density at radius 2 is 1.93 bits per heavy atom. The Balaban J connectivity index is 1.86. The number of amides is 1. The summed E-state index contributed by atoms with van der Waals surface area (Å²) < 4.78 is 41.8. The number of nitrogens with zero attached hydrogens (tertiary/aromatic N) is 1. The molecular formula is C18H13BF3N3O3. The number of aromatic nitrogens is 2. The van der Waals surface area contributed by atoms with Gasteiger partial charge in [0.15, 0.2) is 5.78 Å². The summed E-state index contributed by atoms with van der Waals surface area (Å²) >= 11 is 0. The van der Waals surface area contributed by atoms with Crippen LogP contribution in [0, 0.1) is 6.92 Å². The van der Waals surface area contributed by atoms with E-state index in [1.54, 1.807) is 36.5 Å². The summed E-state index contributed by atoms with van der Waals surface area (Å²) in [6.07, 6.45) is -3.29. The Labute approximate surface area is 158 Å². The van der Waals surface area contributed by atoms with Gasteiger partial charge in [0.1, 0.15) is 31.5 Å². The van der Waals surface area contributed by atoms with Crippen molar-refractivity contribution in [2.24, 2.45) is 0 Å². The second kappa shape index (κ2) is 7.38. The predicted octanol–water partition coefficient (Wildman–Crippen LogP) is 2.30. The summed E-state index contributed by atoms with van der Waals surface area (Å²) in [5.74, 6) is -1.20. The lowest BCUT2D eigenvalue weighted by Crippen LogP contribution is -2.33. The summed E-state index contributed by atoms with van der Waals surface area (Å²) in [5.41, 5.74) is 1.54. The molecular weight excluding hydrogens is 374 g/mol. The maximum Gasteiger partial charge on any atom is 0.405 e. The highest BCUT2D eigenvalue weighted by atomic mass is 19.4. The Hall–Kier alpha value is -3.30. The number of hydrogen-bond acceptors (Lipinski definition) is 4. The molecule has 2 heterocycles. The van der Waals surface area contributed by atoms with Crippen molar-refractivity contribution in [2.75, 3.05) is 6.54 Å². The van der Waals surface area contributed by atoms with Gasteiger partial charge >= 0.3 is 6.18 Å². The van der Waals surface area contributed by atoms with E-state index in [4.69, 9.17) is 12.4 Å². The van der Waals surface area contributed by atoms with Crippen LogP contribution in [0.5, 0.6) is 0 Å². The zero-order chi connectivity index (χ0) is 20.5. The fourth-order valence-electron chi connectivity index (χ4n) is 2.55. The standard InChI is InChI=1S/C18H13BF3N3O3/c1-9-14(15(25-28-9)10-2-4-12(19)5-3-10)16(26)11-6-13(23-7-11)17(27)24-8-18(20,21)22/h2-7,23H,8H2,1H3,(H,24,27). The number of hydrogen-bond donors (Lipinski definition) is 2. The van der Waals surface area contributed by atoms with E-state index >= 15 is 0 Å². The van der Waals surface area contributed by atoms with E-state index in [0.717, 1.165) is 0 Å². The van der Waals surface area contributed by atoms with Gasteiger partial charge in [-0.2, -0.15) is 13.2 Å². The molecule has 0 aliphatic heterocycles. The molecule has 3 aromatic rings. The SMILES string of the molecule is [B]c1ccc(-c2noc(C)c2C(=O)c2c[nH]c(C(=O)NCC(F)(F)F)c2)cc1. The van der Waals surface area contributed by atoms with Crippen molar-refractivity contribution in [2.45, 2.75) is 13.1 Å². The molecule has 2 N–H and O–H groups in total. The van der Waals surface area contributed by atoms with Crippen LogP contribution < -0.4 is 10.8 Å². The number of H-pyrrole nitrogens is 1. The van der Waals surface area contributed by atoms with Crippen molar-refractivity contribution >= 4 is 25.0 Å². The molecule has 28 heavy (non-hydrogen) atoms. The second-order valence-corrected chi connectivity index (χ2v) is 6.01. The quantitative estimate of drug-likeness (QED) is 0.520. The number of alkyl halides is 3. The Morgan fingerprint density at radius 3 is 2.57 bits per heavy atom. The molecule has 2 radical (unpaired) electrons. The van der Waals surface area contributed by atoms with Crippen LogP contribution in [0.25, 0.3) is 11.3 Å². The second-order valence-electron chi connectivity index (χ2n) is 6.01. The van der Waals surface area contributed by atoms with Gasteiger partial charge < -0.3 is 14.8 Å². The van der Waals surface area contributed by atoms with Crippen LogP contribution in [-0.4, -0.2) is 42.4 Å². The molecule has 6 nitrogen and oxygen atoms in total. The number of carbonyl (C=O) groups excluding carboxylic acids is 2. The monoisotopic (exact) mass is 387 g/mol. The van der Waals surface area contributed by atoms with Gasteiger partial charge in [-0.15, -0.1) is 0 Å². The molecule has 0 spiro atoms. The van der Waals surface area contributed by atoms with Gasteiger partial charge in [-0.1, -0.05) is 34.9 Å². The predicted molar refractivity (Wildman–Crippen MR) is 94.7 cm³/mol. The number of halogens is 3. The van der Waals surface area contributed by atoms with E-state index in [-0.39, 0.29) is 22.6 Å². The molecule has 142 valence electrons. The van der Waals surface area contributed by atoms with E-state index in [9.17, 15) is 22.8 Å². The Kier molecular flexibility index (Phi) is 5.13. The third-order valence-corrected chi connectivity index (χ3v) is 3.91. The molecule has 0 aliphatic carbocycles. The van der Waals surface area contributed by atoms with E-state index < -0.39 is 24.4 Å². The summed E-state index contributed by atoms with van der Waals surface area (Å²) in [4.78, 5) is 27.2. The first-order valence-corrected chi connectivity index (χ1v) is 8.06. The zero-order valence-corrected chi connectivity index (χ0v) is 14.6. The third kappa shape index (κ3) is 4.16. The molecule has 2 aromatic heterocycles. The summed E-state index contributed by atoms with van der Waals surface area (Å²) in [5, 5.41) is 5.64. The van der Waals surface area contributed by atoms with Crippen molar-refractivity contribution in [3.8, 4) is 11.3 Å². The fraction of sp³-hybridized carbons (Fsp3) is 0.167. The highest BCUT2D eigenvalue weighted by Gasteiger charge is 2.29. The maximum atomic E-state index is 12.9. The minimum Gasteiger partial charge on any atom is -0.360 e. The first kappa shape index (κ1) is 19.5. The largest absolute Gasteiger partial charge is 0.405 e. The van der Waals surface area contributed by atoms with Crippen molar-refractivity contribution in [1.29, 1.82) is 0 Å². The van der Waals surface area contributed by atoms with Gasteiger partial charge in [-0.05, 0) is 13.0 Å². The molecule has 0 fully saturated rings. The van der Waals surface area contributed by atoms with Crippen LogP contribution >= 0.6 is 0 Å². The molecule has 0 saturated heterocycles. The van der Waals surface area contributed by atoms with Gasteiger partial charge in [0, 0.05) is 17.3 Å². The molecule has 0 aliphatic rings. The van der Waals surface area contributed by atoms with Gasteiger partial charge in [0.2, 0.25) is 0 Å². The molecule has 0 saturated carbocycles. The molecule has 0 unspecified atom stereocenters. The lowest BCUT2D eigenvalue weighted by molar-refractivity contribution is -0.123. The van der Waals surface area contributed by atoms with Crippen molar-refractivity contribution < 1.29 is 27.3 Å². The summed E-state index contributed by atoms with van der Waals surface area (Å²) in [6, 6.07) is 7.82. The van der Waals surface area contributed by atoms with E-state index in [1.807, 2.05) is 0 Å².